The number of sulfonamides is 1. The van der Waals surface area contributed by atoms with Crippen molar-refractivity contribution < 1.29 is 8.42 Å². The Morgan fingerprint density at radius 3 is 2.05 bits per heavy atom. The van der Waals surface area contributed by atoms with E-state index in [0.29, 0.717) is 16.8 Å². The first-order valence-electron chi connectivity index (χ1n) is 6.68. The molecule has 0 saturated heterocycles. The Morgan fingerprint density at radius 1 is 0.905 bits per heavy atom. The van der Waals surface area contributed by atoms with Crippen LogP contribution >= 0.6 is 11.6 Å². The molecule has 1 fully saturated rings. The molecule has 0 unspecified atom stereocenters. The Morgan fingerprint density at radius 2 is 1.48 bits per heavy atom. The van der Waals surface area contributed by atoms with Crippen LogP contribution in [0.2, 0.25) is 5.02 Å². The SMILES string of the molecule is O=S(=O)(Nc1ccc(NC2CC2)cc1)c1ccc(Cl)cc1. The number of hydrogen-bond acceptors (Lipinski definition) is 3. The van der Waals surface area contributed by atoms with E-state index in [1.165, 1.54) is 25.0 Å². The van der Waals surface area contributed by atoms with Gasteiger partial charge >= 0.3 is 0 Å². The van der Waals surface area contributed by atoms with Gasteiger partial charge in [0.25, 0.3) is 10.0 Å². The maximum atomic E-state index is 12.2. The first kappa shape index (κ1) is 14.2. The van der Waals surface area contributed by atoms with Crippen molar-refractivity contribution in [3.63, 3.8) is 0 Å². The first-order valence-corrected chi connectivity index (χ1v) is 8.54. The fourth-order valence-corrected chi connectivity index (χ4v) is 3.11. The second kappa shape index (κ2) is 5.58. The van der Waals surface area contributed by atoms with Crippen LogP contribution < -0.4 is 10.0 Å². The topological polar surface area (TPSA) is 58.2 Å². The van der Waals surface area contributed by atoms with Crippen molar-refractivity contribution in [2.45, 2.75) is 23.8 Å². The Hall–Kier alpha value is -1.72. The second-order valence-electron chi connectivity index (χ2n) is 5.06. The minimum Gasteiger partial charge on any atom is -0.382 e. The quantitative estimate of drug-likeness (QED) is 0.882. The highest BCUT2D eigenvalue weighted by molar-refractivity contribution is 7.92. The largest absolute Gasteiger partial charge is 0.382 e. The van der Waals surface area contributed by atoms with E-state index in [-0.39, 0.29) is 4.90 Å². The zero-order valence-electron chi connectivity index (χ0n) is 11.2. The molecule has 2 aromatic carbocycles. The first-order chi connectivity index (χ1) is 10.0. The summed E-state index contributed by atoms with van der Waals surface area (Å²) in [6.45, 7) is 0. The van der Waals surface area contributed by atoms with Gasteiger partial charge in [0, 0.05) is 22.4 Å². The Bertz CT molecular complexity index is 723. The van der Waals surface area contributed by atoms with Gasteiger partial charge in [0.15, 0.2) is 0 Å². The molecule has 0 amide bonds. The van der Waals surface area contributed by atoms with E-state index in [2.05, 4.69) is 10.0 Å². The highest BCUT2D eigenvalue weighted by atomic mass is 35.5. The molecule has 1 aliphatic rings. The fraction of sp³-hybridized carbons (Fsp3) is 0.200. The average molecular weight is 323 g/mol. The van der Waals surface area contributed by atoms with Crippen molar-refractivity contribution in [2.75, 3.05) is 10.0 Å². The summed E-state index contributed by atoms with van der Waals surface area (Å²) >= 11 is 5.76. The van der Waals surface area contributed by atoms with Crippen LogP contribution in [0, 0.1) is 0 Å². The average Bonchev–Trinajstić information content (AvgIpc) is 3.25. The van der Waals surface area contributed by atoms with Crippen molar-refractivity contribution in [3.8, 4) is 0 Å². The van der Waals surface area contributed by atoms with Crippen LogP contribution in [0.15, 0.2) is 53.4 Å². The van der Waals surface area contributed by atoms with Gasteiger partial charge in [-0.3, -0.25) is 4.72 Å². The number of benzene rings is 2. The van der Waals surface area contributed by atoms with Crippen LogP contribution in [0.25, 0.3) is 0 Å². The van der Waals surface area contributed by atoms with Crippen LogP contribution in [0.1, 0.15) is 12.8 Å². The van der Waals surface area contributed by atoms with Crippen molar-refractivity contribution >= 4 is 33.0 Å². The van der Waals surface area contributed by atoms with Crippen LogP contribution in [-0.2, 0) is 10.0 Å². The summed E-state index contributed by atoms with van der Waals surface area (Å²) in [6.07, 6.45) is 2.40. The highest BCUT2D eigenvalue weighted by Crippen LogP contribution is 2.26. The summed E-state index contributed by atoms with van der Waals surface area (Å²) in [4.78, 5) is 0.187. The molecule has 4 nitrogen and oxygen atoms in total. The molecule has 0 heterocycles. The van der Waals surface area contributed by atoms with Crippen molar-refractivity contribution in [1.29, 1.82) is 0 Å². The molecule has 0 aromatic heterocycles. The third-order valence-corrected chi connectivity index (χ3v) is 4.86. The zero-order valence-corrected chi connectivity index (χ0v) is 12.8. The lowest BCUT2D eigenvalue weighted by molar-refractivity contribution is 0.601. The molecule has 1 aliphatic carbocycles. The monoisotopic (exact) mass is 322 g/mol. The molecule has 6 heteroatoms. The highest BCUT2D eigenvalue weighted by Gasteiger charge is 2.20. The van der Waals surface area contributed by atoms with E-state index in [0.717, 1.165) is 5.69 Å². The summed E-state index contributed by atoms with van der Waals surface area (Å²) in [5.74, 6) is 0. The van der Waals surface area contributed by atoms with E-state index in [1.807, 2.05) is 12.1 Å². The number of halogens is 1. The van der Waals surface area contributed by atoms with Gasteiger partial charge in [0.05, 0.1) is 4.90 Å². The van der Waals surface area contributed by atoms with Gasteiger partial charge in [0.1, 0.15) is 0 Å². The fourth-order valence-electron chi connectivity index (χ4n) is 1.93. The molecule has 1 saturated carbocycles. The van der Waals surface area contributed by atoms with Crippen molar-refractivity contribution in [2.24, 2.45) is 0 Å². The number of hydrogen-bond donors (Lipinski definition) is 2. The molecule has 110 valence electrons. The summed E-state index contributed by atoms with van der Waals surface area (Å²) in [6, 6.07) is 13.9. The van der Waals surface area contributed by atoms with E-state index >= 15 is 0 Å². The minimum absolute atomic E-state index is 0.187. The minimum atomic E-state index is -3.58. The predicted octanol–water partition coefficient (Wildman–Crippen LogP) is 3.72. The Kier molecular flexibility index (Phi) is 3.78. The molecular weight excluding hydrogens is 308 g/mol. The van der Waals surface area contributed by atoms with E-state index in [9.17, 15) is 8.42 Å². The standard InChI is InChI=1S/C15H15ClN2O2S/c16-11-1-9-15(10-2-11)21(19,20)18-14-7-5-13(6-8-14)17-12-3-4-12/h1-2,5-10,12,17-18H,3-4H2. The van der Waals surface area contributed by atoms with Gasteiger partial charge in [-0.2, -0.15) is 0 Å². The molecule has 2 N–H and O–H groups in total. The van der Waals surface area contributed by atoms with Crippen molar-refractivity contribution in [1.82, 2.24) is 0 Å². The van der Waals surface area contributed by atoms with E-state index < -0.39 is 10.0 Å². The predicted molar refractivity (Wildman–Crippen MR) is 85.3 cm³/mol. The second-order valence-corrected chi connectivity index (χ2v) is 7.17. The molecule has 3 rings (SSSR count). The lowest BCUT2D eigenvalue weighted by atomic mass is 10.3. The van der Waals surface area contributed by atoms with Gasteiger partial charge in [-0.05, 0) is 61.4 Å². The normalized spacial score (nSPS) is 14.7. The van der Waals surface area contributed by atoms with Gasteiger partial charge in [0.2, 0.25) is 0 Å². The van der Waals surface area contributed by atoms with Gasteiger partial charge in [-0.15, -0.1) is 0 Å². The Balaban J connectivity index is 1.73. The van der Waals surface area contributed by atoms with Crippen LogP contribution in [-0.4, -0.2) is 14.5 Å². The van der Waals surface area contributed by atoms with Crippen LogP contribution in [0.5, 0.6) is 0 Å². The summed E-state index contributed by atoms with van der Waals surface area (Å²) in [5, 5.41) is 3.86. The lowest BCUT2D eigenvalue weighted by Gasteiger charge is -2.09. The lowest BCUT2D eigenvalue weighted by Crippen LogP contribution is -2.12. The van der Waals surface area contributed by atoms with Gasteiger partial charge < -0.3 is 5.32 Å². The summed E-state index contributed by atoms with van der Waals surface area (Å²) < 4.78 is 27.0. The van der Waals surface area contributed by atoms with E-state index in [4.69, 9.17) is 11.6 Å². The molecular formula is C15H15ClN2O2S. The number of anilines is 2. The molecule has 0 aliphatic heterocycles. The smallest absolute Gasteiger partial charge is 0.261 e. The summed E-state index contributed by atoms with van der Waals surface area (Å²) in [7, 11) is -3.58. The van der Waals surface area contributed by atoms with Gasteiger partial charge in [-0.1, -0.05) is 11.6 Å². The summed E-state index contributed by atoms with van der Waals surface area (Å²) in [5.41, 5.74) is 1.54. The van der Waals surface area contributed by atoms with Crippen molar-refractivity contribution in [3.05, 3.63) is 53.6 Å². The van der Waals surface area contributed by atoms with Crippen LogP contribution in [0.4, 0.5) is 11.4 Å². The number of nitrogens with one attached hydrogen (secondary N) is 2. The maximum absolute atomic E-state index is 12.2. The molecule has 0 atom stereocenters. The number of rotatable bonds is 5. The third kappa shape index (κ3) is 3.68. The molecule has 0 radical (unpaired) electrons. The van der Waals surface area contributed by atoms with E-state index in [1.54, 1.807) is 24.3 Å². The Labute approximate surface area is 129 Å². The molecule has 21 heavy (non-hydrogen) atoms. The molecule has 0 spiro atoms. The zero-order chi connectivity index (χ0) is 14.9. The maximum Gasteiger partial charge on any atom is 0.261 e. The third-order valence-electron chi connectivity index (χ3n) is 3.21. The van der Waals surface area contributed by atoms with Gasteiger partial charge in [-0.25, -0.2) is 8.42 Å². The molecule has 2 aromatic rings. The molecule has 0 bridgehead atoms. The van der Waals surface area contributed by atoms with Crippen LogP contribution in [0.3, 0.4) is 0 Å².